The van der Waals surface area contributed by atoms with Crippen LogP contribution >= 0.6 is 11.3 Å². The summed E-state index contributed by atoms with van der Waals surface area (Å²) >= 11 is 1.63. The van der Waals surface area contributed by atoms with E-state index in [1.54, 1.807) is 17.5 Å². The Bertz CT molecular complexity index is 620. The molecule has 0 aliphatic carbocycles. The predicted molar refractivity (Wildman–Crippen MR) is 79.9 cm³/mol. The van der Waals surface area contributed by atoms with E-state index >= 15 is 0 Å². The highest BCUT2D eigenvalue weighted by Crippen LogP contribution is 2.18. The number of aryl methyl sites for hydroxylation is 1. The first-order valence-electron chi connectivity index (χ1n) is 6.03. The first-order valence-corrected chi connectivity index (χ1v) is 6.91. The number of pyridine rings is 1. The van der Waals surface area contributed by atoms with E-state index in [9.17, 15) is 4.79 Å². The van der Waals surface area contributed by atoms with Crippen molar-refractivity contribution in [2.75, 3.05) is 11.9 Å². The number of carboxylic acids is 1. The molecule has 0 aromatic carbocycles. The van der Waals surface area contributed by atoms with Crippen LogP contribution in [0, 0.1) is 6.92 Å². The average Bonchev–Trinajstić information content (AvgIpc) is 2.82. The molecule has 0 spiro atoms. The molecule has 0 aliphatic rings. The quantitative estimate of drug-likeness (QED) is 0.857. The molecule has 20 heavy (non-hydrogen) atoms. The van der Waals surface area contributed by atoms with E-state index in [2.05, 4.69) is 9.97 Å². The molecule has 2 rings (SSSR count). The molecule has 0 saturated carbocycles. The third kappa shape index (κ3) is 3.64. The number of nitrogens with zero attached hydrogens (tertiary/aromatic N) is 3. The van der Waals surface area contributed by atoms with Crippen LogP contribution in [0.25, 0.3) is 6.08 Å². The van der Waals surface area contributed by atoms with Crippen molar-refractivity contribution < 1.29 is 9.90 Å². The summed E-state index contributed by atoms with van der Waals surface area (Å²) in [5, 5.41) is 8.57. The van der Waals surface area contributed by atoms with Gasteiger partial charge in [-0.05, 0) is 30.7 Å². The second kappa shape index (κ2) is 6.29. The molecule has 0 saturated heterocycles. The molecule has 0 bridgehead atoms. The highest BCUT2D eigenvalue weighted by Gasteiger charge is 2.07. The van der Waals surface area contributed by atoms with Crippen molar-refractivity contribution >= 4 is 29.2 Å². The number of hydrogen-bond acceptors (Lipinski definition) is 5. The molecule has 0 aliphatic heterocycles. The molecule has 2 heterocycles. The standard InChI is InChI=1S/C14H15N3O2S/c1-10-12(20-9-16-10)8-17(2)13-5-3-11(7-15-13)4-6-14(18)19/h3-7,9H,8H2,1-2H3,(H,18,19)/b6-4+. The molecule has 6 heteroatoms. The lowest BCUT2D eigenvalue weighted by Crippen LogP contribution is -2.17. The zero-order chi connectivity index (χ0) is 14.5. The third-order valence-corrected chi connectivity index (χ3v) is 3.73. The lowest BCUT2D eigenvalue weighted by Gasteiger charge is -2.17. The highest BCUT2D eigenvalue weighted by molar-refractivity contribution is 7.09. The van der Waals surface area contributed by atoms with Crippen LogP contribution < -0.4 is 4.90 Å². The summed E-state index contributed by atoms with van der Waals surface area (Å²) in [6.45, 7) is 2.75. The molecule has 104 valence electrons. The van der Waals surface area contributed by atoms with Crippen LogP contribution in [0.1, 0.15) is 16.1 Å². The number of aliphatic carboxylic acids is 1. The number of aromatic nitrogens is 2. The molecule has 5 nitrogen and oxygen atoms in total. The van der Waals surface area contributed by atoms with Gasteiger partial charge in [0.05, 0.1) is 17.7 Å². The molecular formula is C14H15N3O2S. The van der Waals surface area contributed by atoms with E-state index in [0.717, 1.165) is 29.7 Å². The molecule has 0 unspecified atom stereocenters. The molecule has 0 amide bonds. The van der Waals surface area contributed by atoms with Crippen molar-refractivity contribution in [2.45, 2.75) is 13.5 Å². The van der Waals surface area contributed by atoms with Crippen LogP contribution in [0.3, 0.4) is 0 Å². The van der Waals surface area contributed by atoms with Crippen molar-refractivity contribution in [3.63, 3.8) is 0 Å². The summed E-state index contributed by atoms with van der Waals surface area (Å²) in [5.41, 5.74) is 3.65. The molecule has 0 atom stereocenters. The SMILES string of the molecule is Cc1ncsc1CN(C)c1ccc(/C=C/C(=O)O)cn1. The molecule has 0 fully saturated rings. The van der Waals surface area contributed by atoms with Gasteiger partial charge in [-0.3, -0.25) is 0 Å². The maximum Gasteiger partial charge on any atom is 0.328 e. The predicted octanol–water partition coefficient (Wildman–Crippen LogP) is 2.58. The van der Waals surface area contributed by atoms with E-state index in [1.807, 2.05) is 36.5 Å². The van der Waals surface area contributed by atoms with E-state index in [4.69, 9.17) is 5.11 Å². The van der Waals surface area contributed by atoms with Gasteiger partial charge in [0.2, 0.25) is 0 Å². The first-order chi connectivity index (χ1) is 9.56. The molecule has 1 N–H and O–H groups in total. The van der Waals surface area contributed by atoms with Gasteiger partial charge in [0.15, 0.2) is 0 Å². The third-order valence-electron chi connectivity index (χ3n) is 2.81. The Morgan fingerprint density at radius 1 is 1.45 bits per heavy atom. The van der Waals surface area contributed by atoms with Crippen molar-refractivity contribution in [1.82, 2.24) is 9.97 Å². The van der Waals surface area contributed by atoms with Crippen LogP contribution in [-0.4, -0.2) is 28.1 Å². The van der Waals surface area contributed by atoms with Crippen LogP contribution in [0.4, 0.5) is 5.82 Å². The summed E-state index contributed by atoms with van der Waals surface area (Å²) in [6.07, 6.45) is 4.28. The molecule has 2 aromatic rings. The fourth-order valence-corrected chi connectivity index (χ4v) is 2.49. The van der Waals surface area contributed by atoms with Gasteiger partial charge < -0.3 is 10.0 Å². The summed E-state index contributed by atoms with van der Waals surface area (Å²) < 4.78 is 0. The van der Waals surface area contributed by atoms with Crippen molar-refractivity contribution in [1.29, 1.82) is 0 Å². The summed E-state index contributed by atoms with van der Waals surface area (Å²) in [4.78, 5) is 22.2. The Morgan fingerprint density at radius 2 is 2.25 bits per heavy atom. The Hall–Kier alpha value is -2.21. The van der Waals surface area contributed by atoms with Crippen LogP contribution in [-0.2, 0) is 11.3 Å². The Kier molecular flexibility index (Phi) is 4.47. The van der Waals surface area contributed by atoms with Crippen molar-refractivity contribution in [2.24, 2.45) is 0 Å². The number of anilines is 1. The summed E-state index contributed by atoms with van der Waals surface area (Å²) in [6, 6.07) is 3.72. The number of thiazole rings is 1. The average molecular weight is 289 g/mol. The van der Waals surface area contributed by atoms with Crippen LogP contribution in [0.2, 0.25) is 0 Å². The van der Waals surface area contributed by atoms with E-state index in [0.29, 0.717) is 0 Å². The summed E-state index contributed by atoms with van der Waals surface area (Å²) in [7, 11) is 1.97. The monoisotopic (exact) mass is 289 g/mol. The van der Waals surface area contributed by atoms with Gasteiger partial charge in [0, 0.05) is 24.2 Å². The maximum atomic E-state index is 10.4. The minimum atomic E-state index is -0.966. The minimum Gasteiger partial charge on any atom is -0.478 e. The lowest BCUT2D eigenvalue weighted by molar-refractivity contribution is -0.131. The van der Waals surface area contributed by atoms with Crippen LogP contribution in [0.15, 0.2) is 29.9 Å². The number of carbonyl (C=O) groups is 1. The number of carboxylic acid groups (broad SMARTS) is 1. The number of hydrogen-bond donors (Lipinski definition) is 1. The van der Waals surface area contributed by atoms with Gasteiger partial charge in [0.1, 0.15) is 5.82 Å². The molecule has 0 radical (unpaired) electrons. The van der Waals surface area contributed by atoms with E-state index < -0.39 is 5.97 Å². The largest absolute Gasteiger partial charge is 0.478 e. The first kappa shape index (κ1) is 14.2. The molecular weight excluding hydrogens is 274 g/mol. The van der Waals surface area contributed by atoms with Gasteiger partial charge in [0.25, 0.3) is 0 Å². The smallest absolute Gasteiger partial charge is 0.328 e. The van der Waals surface area contributed by atoms with E-state index in [-0.39, 0.29) is 0 Å². The van der Waals surface area contributed by atoms with Crippen molar-refractivity contribution in [3.05, 3.63) is 46.1 Å². The van der Waals surface area contributed by atoms with Gasteiger partial charge in [-0.1, -0.05) is 0 Å². The fourth-order valence-electron chi connectivity index (χ4n) is 1.66. The minimum absolute atomic E-state index is 0.758. The van der Waals surface area contributed by atoms with Gasteiger partial charge >= 0.3 is 5.97 Å². The number of rotatable bonds is 5. The van der Waals surface area contributed by atoms with E-state index in [1.165, 1.54) is 11.0 Å². The zero-order valence-electron chi connectivity index (χ0n) is 11.3. The van der Waals surface area contributed by atoms with Gasteiger partial charge in [-0.25, -0.2) is 14.8 Å². The maximum absolute atomic E-state index is 10.4. The van der Waals surface area contributed by atoms with Crippen LogP contribution in [0.5, 0.6) is 0 Å². The Balaban J connectivity index is 2.06. The topological polar surface area (TPSA) is 66.3 Å². The molecule has 2 aromatic heterocycles. The van der Waals surface area contributed by atoms with Crippen molar-refractivity contribution in [3.8, 4) is 0 Å². The lowest BCUT2D eigenvalue weighted by atomic mass is 10.2. The second-order valence-electron chi connectivity index (χ2n) is 4.34. The van der Waals surface area contributed by atoms with Gasteiger partial charge in [-0.15, -0.1) is 11.3 Å². The summed E-state index contributed by atoms with van der Waals surface area (Å²) in [5.74, 6) is -0.128. The Morgan fingerprint density at radius 3 is 2.80 bits per heavy atom. The normalized spacial score (nSPS) is 10.9. The highest BCUT2D eigenvalue weighted by atomic mass is 32.1. The van der Waals surface area contributed by atoms with Gasteiger partial charge in [-0.2, -0.15) is 0 Å². The zero-order valence-corrected chi connectivity index (χ0v) is 12.1. The fraction of sp³-hybridized carbons (Fsp3) is 0.214. The Labute approximate surface area is 121 Å². The second-order valence-corrected chi connectivity index (χ2v) is 5.28.